The zero-order valence-electron chi connectivity index (χ0n) is 16.2. The number of rotatable bonds is 7. The fraction of sp³-hybridized carbons (Fsp3) is 0.350. The fourth-order valence-corrected chi connectivity index (χ4v) is 5.29. The van der Waals surface area contributed by atoms with Crippen molar-refractivity contribution >= 4 is 38.7 Å². The summed E-state index contributed by atoms with van der Waals surface area (Å²) in [5, 5.41) is 3.40. The SMILES string of the molecule is COc1cc(Cl)c(NCC(=O)N(c2ccccc2)[C@H]2CCS(=O)(=O)C2)cc1OC. The van der Waals surface area contributed by atoms with Crippen LogP contribution in [0, 0.1) is 0 Å². The molecule has 156 valence electrons. The van der Waals surface area contributed by atoms with E-state index in [2.05, 4.69) is 5.32 Å². The molecule has 1 aliphatic rings. The number of nitrogens with zero attached hydrogens (tertiary/aromatic N) is 1. The lowest BCUT2D eigenvalue weighted by Crippen LogP contribution is -2.44. The summed E-state index contributed by atoms with van der Waals surface area (Å²) in [5.41, 5.74) is 1.18. The third-order valence-electron chi connectivity index (χ3n) is 4.78. The molecule has 7 nitrogen and oxygen atoms in total. The lowest BCUT2D eigenvalue weighted by atomic mass is 10.1. The normalized spacial score (nSPS) is 17.6. The number of hydrogen-bond donors (Lipinski definition) is 1. The van der Waals surface area contributed by atoms with E-state index in [4.69, 9.17) is 21.1 Å². The van der Waals surface area contributed by atoms with Gasteiger partial charge in [-0.15, -0.1) is 0 Å². The first-order chi connectivity index (χ1) is 13.8. The van der Waals surface area contributed by atoms with Crippen molar-refractivity contribution < 1.29 is 22.7 Å². The molecule has 1 amide bonds. The molecule has 1 atom stereocenters. The smallest absolute Gasteiger partial charge is 0.246 e. The van der Waals surface area contributed by atoms with Crippen LogP contribution in [0.25, 0.3) is 0 Å². The second kappa shape index (κ2) is 8.92. The lowest BCUT2D eigenvalue weighted by molar-refractivity contribution is -0.117. The summed E-state index contributed by atoms with van der Waals surface area (Å²) in [6.45, 7) is -0.0549. The molecule has 2 aromatic rings. The van der Waals surface area contributed by atoms with Crippen LogP contribution < -0.4 is 19.7 Å². The Morgan fingerprint density at radius 1 is 1.17 bits per heavy atom. The number of sulfone groups is 1. The summed E-state index contributed by atoms with van der Waals surface area (Å²) in [7, 11) is -0.114. The average molecular weight is 439 g/mol. The number of anilines is 2. The summed E-state index contributed by atoms with van der Waals surface area (Å²) >= 11 is 6.28. The Kier molecular flexibility index (Phi) is 6.54. The average Bonchev–Trinajstić information content (AvgIpc) is 3.06. The molecule has 1 N–H and O–H groups in total. The van der Waals surface area contributed by atoms with E-state index < -0.39 is 15.9 Å². The molecule has 0 unspecified atom stereocenters. The zero-order valence-corrected chi connectivity index (χ0v) is 17.8. The molecule has 1 aliphatic heterocycles. The molecule has 0 saturated carbocycles. The van der Waals surface area contributed by atoms with Gasteiger partial charge in [0.2, 0.25) is 5.91 Å². The van der Waals surface area contributed by atoms with Crippen molar-refractivity contribution in [2.24, 2.45) is 0 Å². The summed E-state index contributed by atoms with van der Waals surface area (Å²) in [5.74, 6) is 0.766. The summed E-state index contributed by atoms with van der Waals surface area (Å²) in [4.78, 5) is 14.6. The Hall–Kier alpha value is -2.45. The first kappa shape index (κ1) is 21.3. The van der Waals surface area contributed by atoms with Gasteiger partial charge in [-0.3, -0.25) is 4.79 Å². The molecule has 0 bridgehead atoms. The number of carbonyl (C=O) groups excluding carboxylic acids is 1. The van der Waals surface area contributed by atoms with Crippen molar-refractivity contribution in [2.45, 2.75) is 12.5 Å². The molecule has 2 aromatic carbocycles. The third kappa shape index (κ3) is 4.94. The van der Waals surface area contributed by atoms with Crippen LogP contribution in [0.5, 0.6) is 11.5 Å². The van der Waals surface area contributed by atoms with E-state index in [0.29, 0.717) is 34.3 Å². The molecule has 0 radical (unpaired) electrons. The molecule has 0 spiro atoms. The number of ether oxygens (including phenoxy) is 2. The maximum absolute atomic E-state index is 13.1. The van der Waals surface area contributed by atoms with E-state index >= 15 is 0 Å². The number of nitrogens with one attached hydrogen (secondary N) is 1. The standard InChI is InChI=1S/C20H23ClN2O5S/c1-27-18-10-16(21)17(11-19(18)28-2)22-12-20(24)23(14-6-4-3-5-7-14)15-8-9-29(25,26)13-15/h3-7,10-11,15,22H,8-9,12-13H2,1-2H3/t15-/m0/s1. The summed E-state index contributed by atoms with van der Waals surface area (Å²) in [6.07, 6.45) is 0.417. The van der Waals surface area contributed by atoms with E-state index in [1.807, 2.05) is 18.2 Å². The van der Waals surface area contributed by atoms with Crippen molar-refractivity contribution in [3.63, 3.8) is 0 Å². The quantitative estimate of drug-likeness (QED) is 0.715. The van der Waals surface area contributed by atoms with Crippen LogP contribution in [0.3, 0.4) is 0 Å². The Morgan fingerprint density at radius 3 is 2.41 bits per heavy atom. The minimum Gasteiger partial charge on any atom is -0.493 e. The van der Waals surface area contributed by atoms with E-state index in [9.17, 15) is 13.2 Å². The number of para-hydroxylation sites is 1. The van der Waals surface area contributed by atoms with Crippen molar-refractivity contribution in [3.8, 4) is 11.5 Å². The van der Waals surface area contributed by atoms with Crippen LogP contribution in [0.1, 0.15) is 6.42 Å². The highest BCUT2D eigenvalue weighted by Gasteiger charge is 2.35. The zero-order chi connectivity index (χ0) is 21.0. The Balaban J connectivity index is 1.81. The highest BCUT2D eigenvalue weighted by atomic mass is 35.5. The van der Waals surface area contributed by atoms with E-state index in [-0.39, 0.29) is 24.0 Å². The second-order valence-electron chi connectivity index (χ2n) is 6.70. The van der Waals surface area contributed by atoms with Crippen LogP contribution in [-0.2, 0) is 14.6 Å². The van der Waals surface area contributed by atoms with Crippen LogP contribution in [0.2, 0.25) is 5.02 Å². The van der Waals surface area contributed by atoms with Gasteiger partial charge < -0.3 is 19.7 Å². The predicted molar refractivity (Wildman–Crippen MR) is 114 cm³/mol. The van der Waals surface area contributed by atoms with Crippen LogP contribution in [0.15, 0.2) is 42.5 Å². The predicted octanol–water partition coefficient (Wildman–Crippen LogP) is 2.99. The maximum Gasteiger partial charge on any atom is 0.246 e. The molecule has 1 heterocycles. The molecule has 1 saturated heterocycles. The van der Waals surface area contributed by atoms with Gasteiger partial charge in [0.05, 0.1) is 49.0 Å². The minimum atomic E-state index is -3.14. The summed E-state index contributed by atoms with van der Waals surface area (Å²) in [6, 6.07) is 11.9. The van der Waals surface area contributed by atoms with E-state index in [1.54, 1.807) is 29.2 Å². The van der Waals surface area contributed by atoms with Crippen molar-refractivity contribution in [2.75, 3.05) is 42.5 Å². The third-order valence-corrected chi connectivity index (χ3v) is 6.84. The van der Waals surface area contributed by atoms with Gasteiger partial charge in [-0.1, -0.05) is 29.8 Å². The molecular weight excluding hydrogens is 416 g/mol. The molecule has 0 aromatic heterocycles. The first-order valence-corrected chi connectivity index (χ1v) is 11.3. The molecular formula is C20H23ClN2O5S. The molecule has 0 aliphatic carbocycles. The van der Waals surface area contributed by atoms with E-state index in [0.717, 1.165) is 0 Å². The van der Waals surface area contributed by atoms with Gasteiger partial charge in [-0.2, -0.15) is 0 Å². The number of hydrogen-bond acceptors (Lipinski definition) is 6. The monoisotopic (exact) mass is 438 g/mol. The maximum atomic E-state index is 13.1. The Labute approximate surface area is 175 Å². The Morgan fingerprint density at radius 2 is 1.83 bits per heavy atom. The first-order valence-electron chi connectivity index (χ1n) is 9.07. The van der Waals surface area contributed by atoms with Gasteiger partial charge in [0.25, 0.3) is 0 Å². The second-order valence-corrected chi connectivity index (χ2v) is 9.33. The van der Waals surface area contributed by atoms with Gasteiger partial charge in [-0.05, 0) is 18.6 Å². The molecule has 1 fully saturated rings. The highest BCUT2D eigenvalue weighted by Crippen LogP contribution is 2.36. The van der Waals surface area contributed by atoms with Gasteiger partial charge in [-0.25, -0.2) is 8.42 Å². The van der Waals surface area contributed by atoms with Crippen molar-refractivity contribution in [3.05, 3.63) is 47.5 Å². The molecule has 29 heavy (non-hydrogen) atoms. The minimum absolute atomic E-state index is 0.0370. The van der Waals surface area contributed by atoms with Crippen LogP contribution in [-0.4, -0.2) is 52.6 Å². The number of methoxy groups -OCH3 is 2. The lowest BCUT2D eigenvalue weighted by Gasteiger charge is -2.29. The number of amides is 1. The molecule has 3 rings (SSSR count). The van der Waals surface area contributed by atoms with Gasteiger partial charge >= 0.3 is 0 Å². The highest BCUT2D eigenvalue weighted by molar-refractivity contribution is 7.91. The topological polar surface area (TPSA) is 84.9 Å². The van der Waals surface area contributed by atoms with Gasteiger partial charge in [0.1, 0.15) is 0 Å². The van der Waals surface area contributed by atoms with Crippen LogP contribution in [0.4, 0.5) is 11.4 Å². The van der Waals surface area contributed by atoms with Crippen molar-refractivity contribution in [1.82, 2.24) is 0 Å². The van der Waals surface area contributed by atoms with Crippen LogP contribution >= 0.6 is 11.6 Å². The van der Waals surface area contributed by atoms with Gasteiger partial charge in [0, 0.05) is 17.8 Å². The number of carbonyl (C=O) groups is 1. The van der Waals surface area contributed by atoms with E-state index in [1.165, 1.54) is 14.2 Å². The number of benzene rings is 2. The van der Waals surface area contributed by atoms with Gasteiger partial charge in [0.15, 0.2) is 21.3 Å². The largest absolute Gasteiger partial charge is 0.493 e. The Bertz CT molecular complexity index is 982. The fourth-order valence-electron chi connectivity index (χ4n) is 3.37. The summed E-state index contributed by atoms with van der Waals surface area (Å²) < 4.78 is 34.4. The van der Waals surface area contributed by atoms with Crippen molar-refractivity contribution in [1.29, 1.82) is 0 Å². The molecule has 9 heteroatoms. The number of halogens is 1.